The second-order valence-corrected chi connectivity index (χ2v) is 9.09. The number of nitrogens with one attached hydrogen (secondary N) is 4. The molecule has 4 atom stereocenters. The predicted octanol–water partition coefficient (Wildman–Crippen LogP) is -2.61. The van der Waals surface area contributed by atoms with E-state index in [1.807, 2.05) is 13.8 Å². The van der Waals surface area contributed by atoms with Gasteiger partial charge < -0.3 is 48.3 Å². The van der Waals surface area contributed by atoms with Crippen molar-refractivity contribution in [2.24, 2.45) is 28.1 Å². The lowest BCUT2D eigenvalue weighted by Crippen LogP contribution is -2.57. The number of nitrogens with two attached hydrogens (primary N) is 3. The van der Waals surface area contributed by atoms with Gasteiger partial charge in [0.05, 0.1) is 18.8 Å². The van der Waals surface area contributed by atoms with Crippen molar-refractivity contribution < 1.29 is 34.2 Å². The molecule has 0 aliphatic heterocycles. The van der Waals surface area contributed by atoms with E-state index in [1.165, 1.54) is 12.5 Å². The first-order chi connectivity index (χ1) is 17.8. The molecule has 12 N–H and O–H groups in total. The molecule has 4 unspecified atom stereocenters. The van der Waals surface area contributed by atoms with Crippen LogP contribution in [0, 0.1) is 5.92 Å². The van der Waals surface area contributed by atoms with Crippen LogP contribution in [0.3, 0.4) is 0 Å². The maximum atomic E-state index is 13.2. The molecule has 0 saturated heterocycles. The molecule has 1 heterocycles. The maximum Gasteiger partial charge on any atom is 0.326 e. The molecule has 0 saturated carbocycles. The lowest BCUT2D eigenvalue weighted by atomic mass is 10.0. The van der Waals surface area contributed by atoms with Crippen LogP contribution in [0.15, 0.2) is 17.5 Å². The highest BCUT2D eigenvalue weighted by molar-refractivity contribution is 5.94. The molecule has 0 aliphatic carbocycles. The van der Waals surface area contributed by atoms with Crippen molar-refractivity contribution in [2.75, 3.05) is 6.54 Å². The molecule has 0 bridgehead atoms. The van der Waals surface area contributed by atoms with E-state index in [-0.39, 0.29) is 37.7 Å². The van der Waals surface area contributed by atoms with Crippen molar-refractivity contribution >= 4 is 35.6 Å². The number of nitrogens with zero attached hydrogens (tertiary/aromatic N) is 2. The zero-order valence-corrected chi connectivity index (χ0v) is 21.3. The van der Waals surface area contributed by atoms with Gasteiger partial charge in [-0.1, -0.05) is 13.8 Å². The number of carboxylic acids is 2. The van der Waals surface area contributed by atoms with Gasteiger partial charge in [-0.25, -0.2) is 9.78 Å². The third kappa shape index (κ3) is 12.2. The molecule has 212 valence electrons. The summed E-state index contributed by atoms with van der Waals surface area (Å²) in [6.45, 7) is 3.89. The first kappa shape index (κ1) is 31.8. The van der Waals surface area contributed by atoms with Crippen molar-refractivity contribution in [1.29, 1.82) is 0 Å². The van der Waals surface area contributed by atoms with Gasteiger partial charge in [-0.05, 0) is 25.2 Å². The molecule has 1 aromatic rings. The number of aromatic nitrogens is 2. The summed E-state index contributed by atoms with van der Waals surface area (Å²) in [5.74, 6) is -5.30. The van der Waals surface area contributed by atoms with Crippen LogP contribution in [0.25, 0.3) is 0 Å². The predicted molar refractivity (Wildman–Crippen MR) is 135 cm³/mol. The van der Waals surface area contributed by atoms with Crippen molar-refractivity contribution in [1.82, 2.24) is 25.9 Å². The third-order valence-corrected chi connectivity index (χ3v) is 5.25. The SMILES string of the molecule is CC(C)CC(N)C(=O)NC(Cc1cnc[nH]1)C(=O)NC(CCCN=C(N)N)C(=O)NC(CC(=O)O)C(=O)O. The molecular formula is C22H37N9O7. The van der Waals surface area contributed by atoms with E-state index >= 15 is 0 Å². The molecule has 16 heteroatoms. The second-order valence-electron chi connectivity index (χ2n) is 9.09. The van der Waals surface area contributed by atoms with E-state index in [4.69, 9.17) is 22.3 Å². The van der Waals surface area contributed by atoms with E-state index in [0.29, 0.717) is 12.1 Å². The number of rotatable bonds is 17. The summed E-state index contributed by atoms with van der Waals surface area (Å²) in [5, 5.41) is 25.5. The van der Waals surface area contributed by atoms with E-state index in [0.717, 1.165) is 0 Å². The van der Waals surface area contributed by atoms with Crippen molar-refractivity contribution in [3.63, 3.8) is 0 Å². The monoisotopic (exact) mass is 539 g/mol. The number of hydrogen-bond acceptors (Lipinski definition) is 8. The highest BCUT2D eigenvalue weighted by Gasteiger charge is 2.31. The number of hydrogen-bond donors (Lipinski definition) is 9. The van der Waals surface area contributed by atoms with Crippen LogP contribution < -0.4 is 33.2 Å². The number of carbonyl (C=O) groups is 5. The largest absolute Gasteiger partial charge is 0.481 e. The Labute approximate surface area is 219 Å². The molecule has 0 fully saturated rings. The minimum atomic E-state index is -1.73. The van der Waals surface area contributed by atoms with Crippen LogP contribution in [0.4, 0.5) is 0 Å². The molecule has 0 spiro atoms. The number of aliphatic imine (C=N–C) groups is 1. The fourth-order valence-electron chi connectivity index (χ4n) is 3.41. The van der Waals surface area contributed by atoms with Crippen LogP contribution in [-0.2, 0) is 30.4 Å². The zero-order chi connectivity index (χ0) is 28.8. The number of aliphatic carboxylic acids is 2. The Bertz CT molecular complexity index is 978. The Hall–Kier alpha value is -4.21. The number of carboxylic acid groups (broad SMARTS) is 2. The Balaban J connectivity index is 3.11. The summed E-state index contributed by atoms with van der Waals surface area (Å²) in [5.41, 5.74) is 17.1. The van der Waals surface area contributed by atoms with Crippen LogP contribution in [0.2, 0.25) is 0 Å². The molecular weight excluding hydrogens is 502 g/mol. The maximum absolute atomic E-state index is 13.2. The quantitative estimate of drug-likeness (QED) is 0.0561. The first-order valence-electron chi connectivity index (χ1n) is 11.9. The minimum Gasteiger partial charge on any atom is -0.481 e. The van der Waals surface area contributed by atoms with Crippen molar-refractivity contribution in [2.45, 2.75) is 70.1 Å². The molecule has 0 radical (unpaired) electrons. The normalized spacial score (nSPS) is 14.0. The van der Waals surface area contributed by atoms with Gasteiger partial charge in [-0.15, -0.1) is 0 Å². The molecule has 3 amide bonds. The first-order valence-corrected chi connectivity index (χ1v) is 11.9. The summed E-state index contributed by atoms with van der Waals surface area (Å²) >= 11 is 0. The van der Waals surface area contributed by atoms with Crippen LogP contribution in [-0.4, -0.2) is 86.5 Å². The molecule has 16 nitrogen and oxygen atoms in total. The Morgan fingerprint density at radius 3 is 2.13 bits per heavy atom. The van der Waals surface area contributed by atoms with Gasteiger partial charge in [0.1, 0.15) is 18.1 Å². The molecule has 0 aromatic carbocycles. The number of aromatic amines is 1. The lowest BCUT2D eigenvalue weighted by Gasteiger charge is -2.25. The highest BCUT2D eigenvalue weighted by atomic mass is 16.4. The van der Waals surface area contributed by atoms with E-state index in [2.05, 4.69) is 30.9 Å². The summed E-state index contributed by atoms with van der Waals surface area (Å²) < 4.78 is 0. The molecule has 38 heavy (non-hydrogen) atoms. The van der Waals surface area contributed by atoms with E-state index < -0.39 is 60.2 Å². The van der Waals surface area contributed by atoms with Crippen LogP contribution >= 0.6 is 0 Å². The fraction of sp³-hybridized carbons (Fsp3) is 0.591. The zero-order valence-electron chi connectivity index (χ0n) is 21.3. The van der Waals surface area contributed by atoms with Crippen molar-refractivity contribution in [3.8, 4) is 0 Å². The van der Waals surface area contributed by atoms with Crippen molar-refractivity contribution in [3.05, 3.63) is 18.2 Å². The number of amides is 3. The van der Waals surface area contributed by atoms with Crippen LogP contribution in [0.1, 0.15) is 45.2 Å². The smallest absolute Gasteiger partial charge is 0.326 e. The average molecular weight is 540 g/mol. The highest BCUT2D eigenvalue weighted by Crippen LogP contribution is 2.07. The number of H-pyrrole nitrogens is 1. The summed E-state index contributed by atoms with van der Waals surface area (Å²) in [7, 11) is 0. The summed E-state index contributed by atoms with van der Waals surface area (Å²) in [4.78, 5) is 71.8. The van der Waals surface area contributed by atoms with E-state index in [1.54, 1.807) is 0 Å². The topological polar surface area (TPSA) is 281 Å². The van der Waals surface area contributed by atoms with Gasteiger partial charge in [0.25, 0.3) is 0 Å². The minimum absolute atomic E-state index is 0.00885. The van der Waals surface area contributed by atoms with Gasteiger partial charge in [0.2, 0.25) is 17.7 Å². The standard InChI is InChI=1S/C22H37N9O7/c1-11(2)6-13(23)18(34)30-15(7-12-9-26-10-28-12)20(36)29-14(4-3-5-27-22(24)25)19(35)31-16(21(37)38)8-17(32)33/h9-11,13-16H,3-8,23H2,1-2H3,(H,26,28)(H,29,36)(H,30,34)(H,31,35)(H,32,33)(H,37,38)(H4,24,25,27). The van der Waals surface area contributed by atoms with Gasteiger partial charge in [-0.3, -0.25) is 24.2 Å². The Morgan fingerprint density at radius 2 is 1.61 bits per heavy atom. The molecule has 1 rings (SSSR count). The number of imidazole rings is 1. The van der Waals surface area contributed by atoms with Gasteiger partial charge in [0, 0.05) is 24.9 Å². The Kier molecular flexibility index (Phi) is 13.2. The Morgan fingerprint density at radius 1 is 1.00 bits per heavy atom. The van der Waals surface area contributed by atoms with E-state index in [9.17, 15) is 29.1 Å². The third-order valence-electron chi connectivity index (χ3n) is 5.25. The van der Waals surface area contributed by atoms with Crippen LogP contribution in [0.5, 0.6) is 0 Å². The van der Waals surface area contributed by atoms with Gasteiger partial charge in [-0.2, -0.15) is 0 Å². The number of carbonyl (C=O) groups excluding carboxylic acids is 3. The summed E-state index contributed by atoms with van der Waals surface area (Å²) in [6.07, 6.45) is 2.54. The van der Waals surface area contributed by atoms with Gasteiger partial charge in [0.15, 0.2) is 5.96 Å². The van der Waals surface area contributed by atoms with Gasteiger partial charge >= 0.3 is 11.9 Å². The molecule has 0 aliphatic rings. The second kappa shape index (κ2) is 15.8. The fourth-order valence-corrected chi connectivity index (χ4v) is 3.41. The summed E-state index contributed by atoms with van der Waals surface area (Å²) in [6, 6.07) is -5.06. The lowest BCUT2D eigenvalue weighted by molar-refractivity contribution is -0.147. The number of guanidine groups is 1. The average Bonchev–Trinajstić information content (AvgIpc) is 3.32. The molecule has 1 aromatic heterocycles.